The minimum atomic E-state index is -0.643. The molecule has 0 saturated heterocycles. The van der Waals surface area contributed by atoms with Gasteiger partial charge in [-0.25, -0.2) is 4.57 Å². The van der Waals surface area contributed by atoms with E-state index >= 15 is 0 Å². The lowest BCUT2D eigenvalue weighted by Gasteiger charge is -2.06. The molecular formula is C19H26BrClN2O3. The smallest absolute Gasteiger partial charge is 0.306 e. The average Bonchev–Trinajstić information content (AvgIpc) is 3.09. The maximum Gasteiger partial charge on any atom is 0.306 e. The van der Waals surface area contributed by atoms with E-state index in [9.17, 15) is 9.59 Å². The number of unbranched alkanes of at least 4 members (excludes halogenated alkanes) is 1. The molecular weight excluding hydrogens is 420 g/mol. The number of nitrogens with zero attached hydrogens (tertiary/aromatic N) is 1. The van der Waals surface area contributed by atoms with Crippen LogP contribution in [0.2, 0.25) is 5.02 Å². The van der Waals surface area contributed by atoms with Gasteiger partial charge in [-0.05, 0) is 37.1 Å². The van der Waals surface area contributed by atoms with Gasteiger partial charge in [0.1, 0.15) is 12.4 Å². The monoisotopic (exact) mass is 444 g/mol. The summed E-state index contributed by atoms with van der Waals surface area (Å²) < 4.78 is 1.79. The fourth-order valence-electron chi connectivity index (χ4n) is 2.26. The molecule has 0 bridgehead atoms. The number of ketones is 1. The van der Waals surface area contributed by atoms with E-state index in [-0.39, 0.29) is 28.7 Å². The van der Waals surface area contributed by atoms with Crippen LogP contribution in [0.4, 0.5) is 0 Å². The van der Waals surface area contributed by atoms with E-state index in [1.54, 1.807) is 41.4 Å². The Labute approximate surface area is 170 Å². The number of halogens is 2. The van der Waals surface area contributed by atoms with E-state index in [0.717, 1.165) is 25.7 Å². The summed E-state index contributed by atoms with van der Waals surface area (Å²) in [5.41, 5.74) is 0.674. The third kappa shape index (κ3) is 9.15. The average molecular weight is 446 g/mol. The number of carbonyl (C=O) groups excluding carboxylic acids is 1. The van der Waals surface area contributed by atoms with Gasteiger partial charge in [0.25, 0.3) is 0 Å². The van der Waals surface area contributed by atoms with Crippen LogP contribution in [0.5, 0.6) is 0 Å². The number of benzene rings is 1. The zero-order chi connectivity index (χ0) is 18.7. The number of hydrogen-bond acceptors (Lipinski definition) is 2. The van der Waals surface area contributed by atoms with E-state index < -0.39 is 5.97 Å². The Hall–Kier alpha value is -1.66. The molecule has 0 fully saturated rings. The summed E-state index contributed by atoms with van der Waals surface area (Å²) in [5.74, 6) is -0.688. The quantitative estimate of drug-likeness (QED) is 0.472. The van der Waals surface area contributed by atoms with Crippen molar-refractivity contribution in [2.75, 3.05) is 0 Å². The summed E-state index contributed by atoms with van der Waals surface area (Å²) in [5, 5.41) is 9.24. The molecule has 0 aliphatic carbocycles. The van der Waals surface area contributed by atoms with Crippen molar-refractivity contribution in [3.63, 3.8) is 0 Å². The van der Waals surface area contributed by atoms with Crippen LogP contribution in [-0.2, 0) is 11.3 Å². The number of carboxylic acids is 1. The first-order valence-corrected chi connectivity index (χ1v) is 8.89. The molecule has 0 spiro atoms. The van der Waals surface area contributed by atoms with Crippen molar-refractivity contribution >= 4 is 23.4 Å². The van der Waals surface area contributed by atoms with E-state index in [2.05, 4.69) is 11.9 Å². The molecule has 1 aromatic carbocycles. The number of Topliss-reactive ketones (excluding diaryl/α,β-unsaturated/α-hetero) is 1. The normalized spacial score (nSPS) is 10.9. The Morgan fingerprint density at radius 1 is 1.23 bits per heavy atom. The van der Waals surface area contributed by atoms with Crippen LogP contribution in [0.25, 0.3) is 0 Å². The predicted octanol–water partition coefficient (Wildman–Crippen LogP) is 1.13. The first kappa shape index (κ1) is 24.3. The summed E-state index contributed by atoms with van der Waals surface area (Å²) in [7, 11) is 0. The summed E-state index contributed by atoms with van der Waals surface area (Å²) in [6, 6.07) is 6.91. The fraction of sp³-hybridized carbons (Fsp3) is 0.421. The van der Waals surface area contributed by atoms with Gasteiger partial charge in [-0.2, -0.15) is 0 Å². The second-order valence-electron chi connectivity index (χ2n) is 5.80. The summed E-state index contributed by atoms with van der Waals surface area (Å²) in [6.07, 6.45) is 9.04. The molecule has 2 rings (SSSR count). The summed E-state index contributed by atoms with van der Waals surface area (Å²) in [4.78, 5) is 25.1. The van der Waals surface area contributed by atoms with E-state index in [1.807, 2.05) is 13.1 Å². The first-order valence-electron chi connectivity index (χ1n) is 8.51. The van der Waals surface area contributed by atoms with Gasteiger partial charge in [0.15, 0.2) is 6.54 Å². The minimum Gasteiger partial charge on any atom is -1.00 e. The highest BCUT2D eigenvalue weighted by Gasteiger charge is 2.13. The number of rotatable bonds is 8. The van der Waals surface area contributed by atoms with Crippen LogP contribution >= 0.6 is 11.6 Å². The maximum atomic E-state index is 11.7. The molecule has 1 unspecified atom stereocenters. The highest BCUT2D eigenvalue weighted by molar-refractivity contribution is 6.30. The third-order valence-electron chi connectivity index (χ3n) is 3.84. The molecule has 0 saturated carbocycles. The first-order chi connectivity index (χ1) is 12.0. The van der Waals surface area contributed by atoms with Crippen molar-refractivity contribution in [1.29, 1.82) is 0 Å². The second-order valence-corrected chi connectivity index (χ2v) is 6.24. The molecule has 26 heavy (non-hydrogen) atoms. The van der Waals surface area contributed by atoms with Crippen molar-refractivity contribution < 1.29 is 36.2 Å². The van der Waals surface area contributed by atoms with Crippen molar-refractivity contribution in [1.82, 2.24) is 4.98 Å². The van der Waals surface area contributed by atoms with Crippen molar-refractivity contribution in [3.05, 3.63) is 53.6 Å². The topological polar surface area (TPSA) is 74.0 Å². The molecule has 7 heteroatoms. The lowest BCUT2D eigenvalue weighted by Crippen LogP contribution is -3.00. The second kappa shape index (κ2) is 13.5. The van der Waals surface area contributed by atoms with Crippen LogP contribution in [0, 0.1) is 5.92 Å². The van der Waals surface area contributed by atoms with Gasteiger partial charge < -0.3 is 22.1 Å². The zero-order valence-corrected chi connectivity index (χ0v) is 17.5. The molecule has 1 atom stereocenters. The molecule has 5 nitrogen and oxygen atoms in total. The fourth-order valence-corrected chi connectivity index (χ4v) is 2.39. The highest BCUT2D eigenvalue weighted by atomic mass is 79.9. The highest BCUT2D eigenvalue weighted by Crippen LogP contribution is 2.12. The lowest BCUT2D eigenvalue weighted by atomic mass is 10.00. The molecule has 0 radical (unpaired) electrons. The van der Waals surface area contributed by atoms with Crippen LogP contribution in [0.1, 0.15) is 49.9 Å². The van der Waals surface area contributed by atoms with Gasteiger partial charge in [0.2, 0.25) is 12.1 Å². The number of carbonyl (C=O) groups is 2. The Morgan fingerprint density at radius 3 is 2.35 bits per heavy atom. The Balaban J connectivity index is 0.000000504. The van der Waals surface area contributed by atoms with Gasteiger partial charge in [0.05, 0.1) is 5.92 Å². The van der Waals surface area contributed by atoms with Crippen LogP contribution in [-0.4, -0.2) is 21.8 Å². The van der Waals surface area contributed by atoms with Gasteiger partial charge in [-0.3, -0.25) is 14.6 Å². The Morgan fingerprint density at radius 2 is 1.88 bits per heavy atom. The number of aromatic amines is 1. The predicted molar refractivity (Wildman–Crippen MR) is 97.7 cm³/mol. The van der Waals surface area contributed by atoms with E-state index in [4.69, 9.17) is 16.7 Å². The van der Waals surface area contributed by atoms with Gasteiger partial charge in [-0.15, -0.1) is 0 Å². The SMILES string of the molecule is CCCCC(CC)C(=O)O.O=C(C[n+]1cc[nH]c1)c1ccc(Cl)cc1.[Br-]. The standard InChI is InChI=1S/C11H9ClN2O.C8H16O2.BrH/c12-10-3-1-9(2-4-10)11(15)7-14-6-5-13-8-14;1-3-5-6-7(4-2)8(9)10;/h1-6,8H,7H2;7H,3-6H2,1-2H3,(H,9,10);1H. The minimum absolute atomic E-state index is 0. The molecule has 0 amide bonds. The number of aliphatic carboxylic acids is 1. The number of H-pyrrole nitrogens is 1. The molecule has 1 aromatic heterocycles. The zero-order valence-electron chi connectivity index (χ0n) is 15.1. The summed E-state index contributed by atoms with van der Waals surface area (Å²) in [6.45, 7) is 4.34. The van der Waals surface area contributed by atoms with Gasteiger partial charge in [0, 0.05) is 10.6 Å². The number of hydrogen-bond donors (Lipinski definition) is 2. The number of nitrogens with one attached hydrogen (secondary N) is 1. The third-order valence-corrected chi connectivity index (χ3v) is 4.10. The van der Waals surface area contributed by atoms with Crippen LogP contribution < -0.4 is 21.5 Å². The van der Waals surface area contributed by atoms with Crippen molar-refractivity contribution in [3.8, 4) is 0 Å². The molecule has 144 valence electrons. The van der Waals surface area contributed by atoms with Crippen LogP contribution in [0.15, 0.2) is 43.0 Å². The number of aromatic nitrogens is 2. The van der Waals surface area contributed by atoms with Gasteiger partial charge in [-0.1, -0.05) is 38.3 Å². The Bertz CT molecular complexity index is 645. The van der Waals surface area contributed by atoms with Crippen LogP contribution in [0.3, 0.4) is 0 Å². The molecule has 0 aliphatic rings. The van der Waals surface area contributed by atoms with Crippen molar-refractivity contribution in [2.24, 2.45) is 5.92 Å². The lowest BCUT2D eigenvalue weighted by molar-refractivity contribution is -0.681. The van der Waals surface area contributed by atoms with E-state index in [0.29, 0.717) is 17.1 Å². The maximum absolute atomic E-state index is 11.7. The summed E-state index contributed by atoms with van der Waals surface area (Å²) >= 11 is 5.74. The molecule has 1 heterocycles. The Kier molecular flexibility index (Phi) is 12.7. The van der Waals surface area contributed by atoms with Gasteiger partial charge >= 0.3 is 5.97 Å². The van der Waals surface area contributed by atoms with Crippen molar-refractivity contribution in [2.45, 2.75) is 46.1 Å². The molecule has 0 aliphatic heterocycles. The largest absolute Gasteiger partial charge is 1.00 e. The number of carboxylic acid groups (broad SMARTS) is 1. The molecule has 2 aromatic rings. The van der Waals surface area contributed by atoms with E-state index in [1.165, 1.54) is 0 Å². The number of imidazole rings is 1. The molecule has 2 N–H and O–H groups in total.